The summed E-state index contributed by atoms with van der Waals surface area (Å²) in [4.78, 5) is 11.7. The molecule has 0 saturated heterocycles. The van der Waals surface area contributed by atoms with E-state index >= 15 is 0 Å². The molecule has 0 heterocycles. The van der Waals surface area contributed by atoms with Gasteiger partial charge in [-0.3, -0.25) is 4.79 Å². The number of phenolic OH excluding ortho intramolecular Hbond substituents is 1. The van der Waals surface area contributed by atoms with Crippen molar-refractivity contribution in [3.8, 4) is 11.5 Å². The highest BCUT2D eigenvalue weighted by molar-refractivity contribution is 5.72. The van der Waals surface area contributed by atoms with Gasteiger partial charge in [0.1, 0.15) is 0 Å². The number of unbranched alkanes of at least 4 members (excludes halogenated alkanes) is 3. The van der Waals surface area contributed by atoms with Crippen molar-refractivity contribution in [2.45, 2.75) is 52.4 Å². The number of rotatable bonds is 10. The molecule has 0 atom stereocenters. The number of methoxy groups -OCH3 is 1. The zero-order valence-electron chi connectivity index (χ0n) is 13.9. The van der Waals surface area contributed by atoms with Crippen LogP contribution in [0.15, 0.2) is 18.2 Å². The molecule has 0 aromatic heterocycles. The van der Waals surface area contributed by atoms with Gasteiger partial charge < -0.3 is 14.6 Å². The first-order valence-corrected chi connectivity index (χ1v) is 8.04. The number of benzene rings is 1. The van der Waals surface area contributed by atoms with Crippen LogP contribution in [0, 0.1) is 5.92 Å². The van der Waals surface area contributed by atoms with Crippen LogP contribution in [0.4, 0.5) is 0 Å². The molecule has 0 fully saturated rings. The fraction of sp³-hybridized carbons (Fsp3) is 0.611. The fourth-order valence-corrected chi connectivity index (χ4v) is 2.24. The van der Waals surface area contributed by atoms with Crippen LogP contribution in [-0.4, -0.2) is 24.8 Å². The van der Waals surface area contributed by atoms with E-state index in [2.05, 4.69) is 13.8 Å². The van der Waals surface area contributed by atoms with Gasteiger partial charge in [-0.15, -0.1) is 0 Å². The van der Waals surface area contributed by atoms with Gasteiger partial charge >= 0.3 is 5.97 Å². The number of ether oxygens (including phenoxy) is 2. The summed E-state index contributed by atoms with van der Waals surface area (Å²) in [6.45, 7) is 4.95. The molecule has 1 aromatic carbocycles. The van der Waals surface area contributed by atoms with E-state index in [9.17, 15) is 9.90 Å². The van der Waals surface area contributed by atoms with Gasteiger partial charge in [0.2, 0.25) is 0 Å². The summed E-state index contributed by atoms with van der Waals surface area (Å²) in [7, 11) is 1.48. The average Bonchev–Trinajstić information content (AvgIpc) is 2.48. The van der Waals surface area contributed by atoms with Crippen molar-refractivity contribution in [1.82, 2.24) is 0 Å². The molecule has 0 aliphatic heterocycles. The maximum absolute atomic E-state index is 11.7. The van der Waals surface area contributed by atoms with Crippen LogP contribution < -0.4 is 4.74 Å². The molecule has 1 N–H and O–H groups in total. The molecule has 4 nitrogen and oxygen atoms in total. The first-order chi connectivity index (χ1) is 10.5. The van der Waals surface area contributed by atoms with Crippen molar-refractivity contribution in [3.63, 3.8) is 0 Å². The van der Waals surface area contributed by atoms with Crippen molar-refractivity contribution in [3.05, 3.63) is 23.8 Å². The van der Waals surface area contributed by atoms with Gasteiger partial charge in [-0.1, -0.05) is 45.6 Å². The first-order valence-electron chi connectivity index (χ1n) is 8.04. The normalized spacial score (nSPS) is 10.7. The molecule has 0 unspecified atom stereocenters. The fourth-order valence-electron chi connectivity index (χ4n) is 2.24. The molecule has 1 aromatic rings. The van der Waals surface area contributed by atoms with Gasteiger partial charge in [0.15, 0.2) is 11.5 Å². The Bertz CT molecular complexity index is 454. The number of carbonyl (C=O) groups is 1. The Kier molecular flexibility index (Phi) is 8.41. The zero-order chi connectivity index (χ0) is 16.4. The molecule has 1 rings (SSSR count). The van der Waals surface area contributed by atoms with E-state index in [1.807, 2.05) is 0 Å². The number of hydrogen-bond donors (Lipinski definition) is 1. The van der Waals surface area contributed by atoms with E-state index in [4.69, 9.17) is 9.47 Å². The van der Waals surface area contributed by atoms with E-state index in [0.717, 1.165) is 24.3 Å². The summed E-state index contributed by atoms with van der Waals surface area (Å²) in [5, 5.41) is 9.51. The summed E-state index contributed by atoms with van der Waals surface area (Å²) in [6.07, 6.45) is 5.94. The Labute approximate surface area is 133 Å². The summed E-state index contributed by atoms with van der Waals surface area (Å²) < 4.78 is 10.3. The number of phenols is 1. The standard InChI is InChI=1S/C18H28O4/c1-14(2)8-6-4-5-7-11-22-18(20)13-15-9-10-16(19)17(12-15)21-3/h9-10,12,14,19H,4-8,11,13H2,1-3H3. The number of hydrogen-bond acceptors (Lipinski definition) is 4. The average molecular weight is 308 g/mol. The van der Waals surface area contributed by atoms with Crippen molar-refractivity contribution >= 4 is 5.97 Å². The molecule has 0 spiro atoms. The summed E-state index contributed by atoms with van der Waals surface area (Å²) in [5.74, 6) is 0.964. The molecule has 0 radical (unpaired) electrons. The minimum absolute atomic E-state index is 0.0704. The second kappa shape index (κ2) is 10.1. The second-order valence-electron chi connectivity index (χ2n) is 6.00. The highest BCUT2D eigenvalue weighted by Crippen LogP contribution is 2.26. The Hall–Kier alpha value is -1.71. The van der Waals surface area contributed by atoms with Crippen molar-refractivity contribution < 1.29 is 19.4 Å². The van der Waals surface area contributed by atoms with Gasteiger partial charge in [0, 0.05) is 0 Å². The summed E-state index contributed by atoms with van der Waals surface area (Å²) in [6, 6.07) is 4.88. The lowest BCUT2D eigenvalue weighted by Crippen LogP contribution is -2.09. The van der Waals surface area contributed by atoms with E-state index in [0.29, 0.717) is 12.4 Å². The van der Waals surface area contributed by atoms with Crippen LogP contribution in [0.25, 0.3) is 0 Å². The Morgan fingerprint density at radius 3 is 2.59 bits per heavy atom. The smallest absolute Gasteiger partial charge is 0.310 e. The lowest BCUT2D eigenvalue weighted by Gasteiger charge is -2.08. The highest BCUT2D eigenvalue weighted by Gasteiger charge is 2.08. The van der Waals surface area contributed by atoms with E-state index in [-0.39, 0.29) is 18.1 Å². The minimum Gasteiger partial charge on any atom is -0.504 e. The Morgan fingerprint density at radius 1 is 1.18 bits per heavy atom. The second-order valence-corrected chi connectivity index (χ2v) is 6.00. The minimum atomic E-state index is -0.241. The number of esters is 1. The van der Waals surface area contributed by atoms with Gasteiger partial charge in [-0.2, -0.15) is 0 Å². The molecule has 0 aliphatic rings. The first kappa shape index (κ1) is 18.3. The molecular formula is C18H28O4. The highest BCUT2D eigenvalue weighted by atomic mass is 16.5. The van der Waals surface area contributed by atoms with Crippen LogP contribution in [0.5, 0.6) is 11.5 Å². The third-order valence-electron chi connectivity index (χ3n) is 3.53. The molecule has 0 bridgehead atoms. The van der Waals surface area contributed by atoms with E-state index < -0.39 is 0 Å². The van der Waals surface area contributed by atoms with E-state index in [1.165, 1.54) is 32.4 Å². The predicted octanol–water partition coefficient (Wildman–Crippen LogP) is 4.09. The lowest BCUT2D eigenvalue weighted by atomic mass is 10.0. The molecule has 124 valence electrons. The Balaban J connectivity index is 2.18. The molecular weight excluding hydrogens is 280 g/mol. The van der Waals surface area contributed by atoms with E-state index in [1.54, 1.807) is 12.1 Å². The monoisotopic (exact) mass is 308 g/mol. The van der Waals surface area contributed by atoms with Gasteiger partial charge in [-0.25, -0.2) is 0 Å². The quantitative estimate of drug-likeness (QED) is 0.522. The number of carbonyl (C=O) groups excluding carboxylic acids is 1. The van der Waals surface area contributed by atoms with Gasteiger partial charge in [0.05, 0.1) is 20.1 Å². The predicted molar refractivity (Wildman–Crippen MR) is 87.2 cm³/mol. The maximum atomic E-state index is 11.7. The number of aromatic hydroxyl groups is 1. The van der Waals surface area contributed by atoms with Crippen molar-refractivity contribution in [2.75, 3.05) is 13.7 Å². The lowest BCUT2D eigenvalue weighted by molar-refractivity contribution is -0.142. The van der Waals surface area contributed by atoms with Gasteiger partial charge in [-0.05, 0) is 30.0 Å². The van der Waals surface area contributed by atoms with Crippen LogP contribution in [0.1, 0.15) is 51.5 Å². The van der Waals surface area contributed by atoms with Crippen LogP contribution in [-0.2, 0) is 16.0 Å². The molecule has 0 aliphatic carbocycles. The molecule has 4 heteroatoms. The third-order valence-corrected chi connectivity index (χ3v) is 3.53. The van der Waals surface area contributed by atoms with Crippen LogP contribution in [0.2, 0.25) is 0 Å². The zero-order valence-corrected chi connectivity index (χ0v) is 13.9. The molecule has 0 saturated carbocycles. The van der Waals surface area contributed by atoms with Crippen molar-refractivity contribution in [2.24, 2.45) is 5.92 Å². The molecule has 22 heavy (non-hydrogen) atoms. The maximum Gasteiger partial charge on any atom is 0.310 e. The third kappa shape index (κ3) is 7.34. The van der Waals surface area contributed by atoms with Crippen LogP contribution >= 0.6 is 0 Å². The van der Waals surface area contributed by atoms with Crippen LogP contribution in [0.3, 0.4) is 0 Å². The van der Waals surface area contributed by atoms with Gasteiger partial charge in [0.25, 0.3) is 0 Å². The summed E-state index contributed by atoms with van der Waals surface area (Å²) in [5.41, 5.74) is 0.775. The topological polar surface area (TPSA) is 55.8 Å². The SMILES string of the molecule is COc1cc(CC(=O)OCCCCCCC(C)C)ccc1O. The summed E-state index contributed by atoms with van der Waals surface area (Å²) >= 11 is 0. The molecule has 0 amide bonds. The Morgan fingerprint density at radius 2 is 1.91 bits per heavy atom. The largest absolute Gasteiger partial charge is 0.504 e. The van der Waals surface area contributed by atoms with Crippen molar-refractivity contribution in [1.29, 1.82) is 0 Å².